The fourth-order valence-electron chi connectivity index (χ4n) is 2.24. The third-order valence-electron chi connectivity index (χ3n) is 3.27. The van der Waals surface area contributed by atoms with Crippen molar-refractivity contribution in [2.45, 2.75) is 38.3 Å². The predicted molar refractivity (Wildman–Crippen MR) is 66.3 cm³/mol. The van der Waals surface area contributed by atoms with E-state index in [1.54, 1.807) is 0 Å². The summed E-state index contributed by atoms with van der Waals surface area (Å²) < 4.78 is 31.7. The van der Waals surface area contributed by atoms with Crippen LogP contribution in [0.3, 0.4) is 0 Å². The second-order valence-electron chi connectivity index (χ2n) is 4.69. The van der Waals surface area contributed by atoms with Crippen LogP contribution in [0.5, 0.6) is 0 Å². The van der Waals surface area contributed by atoms with Crippen molar-refractivity contribution in [3.05, 3.63) is 35.4 Å². The molecule has 2 rings (SSSR count). The van der Waals surface area contributed by atoms with Crippen molar-refractivity contribution in [2.75, 3.05) is 13.2 Å². The van der Waals surface area contributed by atoms with E-state index >= 15 is 0 Å². The lowest BCUT2D eigenvalue weighted by Gasteiger charge is -2.11. The van der Waals surface area contributed by atoms with Crippen molar-refractivity contribution < 1.29 is 13.5 Å². The third-order valence-corrected chi connectivity index (χ3v) is 3.27. The number of ether oxygens (including phenoxy) is 1. The molecule has 0 heterocycles. The lowest BCUT2D eigenvalue weighted by molar-refractivity contribution is 0.0602. The van der Waals surface area contributed by atoms with Gasteiger partial charge in [0.15, 0.2) is 0 Å². The van der Waals surface area contributed by atoms with Gasteiger partial charge in [0.25, 0.3) is 0 Å². The summed E-state index contributed by atoms with van der Waals surface area (Å²) in [5.74, 6) is -1.04. The zero-order valence-electron chi connectivity index (χ0n) is 10.4. The molecule has 0 bridgehead atoms. The standard InChI is InChI=1S/C14H19F2NO/c15-12-6-5-11(14(16)9-12)10-17-7-8-18-13-3-1-2-4-13/h5-6,9,13,17H,1-4,7-8,10H2. The molecule has 0 spiro atoms. The van der Waals surface area contributed by atoms with Crippen LogP contribution in [0.25, 0.3) is 0 Å². The molecule has 1 saturated carbocycles. The summed E-state index contributed by atoms with van der Waals surface area (Å²) in [4.78, 5) is 0. The Labute approximate surface area is 106 Å². The number of rotatable bonds is 6. The van der Waals surface area contributed by atoms with Gasteiger partial charge in [-0.25, -0.2) is 8.78 Å². The molecule has 1 N–H and O–H groups in total. The minimum absolute atomic E-state index is 0.403. The van der Waals surface area contributed by atoms with Crippen molar-refractivity contribution in [1.82, 2.24) is 5.32 Å². The first-order valence-corrected chi connectivity index (χ1v) is 6.52. The fraction of sp³-hybridized carbons (Fsp3) is 0.571. The largest absolute Gasteiger partial charge is 0.377 e. The van der Waals surface area contributed by atoms with Crippen molar-refractivity contribution >= 4 is 0 Å². The van der Waals surface area contributed by atoms with E-state index in [4.69, 9.17) is 4.74 Å². The first kappa shape index (κ1) is 13.4. The van der Waals surface area contributed by atoms with E-state index in [0.717, 1.165) is 18.9 Å². The van der Waals surface area contributed by atoms with Crippen LogP contribution in [0, 0.1) is 11.6 Å². The Bertz CT molecular complexity index is 378. The maximum Gasteiger partial charge on any atom is 0.130 e. The van der Waals surface area contributed by atoms with Crippen LogP contribution in [-0.2, 0) is 11.3 Å². The summed E-state index contributed by atoms with van der Waals surface area (Å²) in [7, 11) is 0. The maximum absolute atomic E-state index is 13.3. The summed E-state index contributed by atoms with van der Waals surface area (Å²) in [6, 6.07) is 3.65. The molecule has 1 aliphatic carbocycles. The molecule has 1 aromatic rings. The summed E-state index contributed by atoms with van der Waals surface area (Å²) >= 11 is 0. The van der Waals surface area contributed by atoms with Crippen LogP contribution in [0.4, 0.5) is 8.78 Å². The molecule has 2 nitrogen and oxygen atoms in total. The van der Waals surface area contributed by atoms with Crippen molar-refractivity contribution in [2.24, 2.45) is 0 Å². The normalized spacial score (nSPS) is 16.3. The molecular formula is C14H19F2NO. The van der Waals surface area contributed by atoms with Crippen LogP contribution in [0.2, 0.25) is 0 Å². The van der Waals surface area contributed by atoms with Gasteiger partial charge in [0, 0.05) is 24.7 Å². The smallest absolute Gasteiger partial charge is 0.130 e. The van der Waals surface area contributed by atoms with Gasteiger partial charge in [0.1, 0.15) is 11.6 Å². The van der Waals surface area contributed by atoms with Crippen LogP contribution < -0.4 is 5.32 Å². The zero-order valence-corrected chi connectivity index (χ0v) is 10.4. The highest BCUT2D eigenvalue weighted by atomic mass is 19.1. The molecule has 100 valence electrons. The summed E-state index contributed by atoms with van der Waals surface area (Å²) in [6.45, 7) is 1.74. The number of hydrogen-bond donors (Lipinski definition) is 1. The van der Waals surface area contributed by atoms with Gasteiger partial charge in [-0.2, -0.15) is 0 Å². The second kappa shape index (κ2) is 6.81. The molecule has 0 amide bonds. The van der Waals surface area contributed by atoms with Gasteiger partial charge < -0.3 is 10.1 Å². The van der Waals surface area contributed by atoms with E-state index in [-0.39, 0.29) is 0 Å². The van der Waals surface area contributed by atoms with E-state index in [1.807, 2.05) is 0 Å². The highest BCUT2D eigenvalue weighted by Gasteiger charge is 2.14. The van der Waals surface area contributed by atoms with Gasteiger partial charge in [-0.15, -0.1) is 0 Å². The molecule has 4 heteroatoms. The van der Waals surface area contributed by atoms with Crippen molar-refractivity contribution in [3.63, 3.8) is 0 Å². The molecule has 0 aliphatic heterocycles. The number of nitrogens with one attached hydrogen (secondary N) is 1. The van der Waals surface area contributed by atoms with E-state index in [9.17, 15) is 8.78 Å². The maximum atomic E-state index is 13.3. The summed E-state index contributed by atoms with van der Waals surface area (Å²) in [5.41, 5.74) is 0.484. The van der Waals surface area contributed by atoms with Gasteiger partial charge >= 0.3 is 0 Å². The lowest BCUT2D eigenvalue weighted by Crippen LogP contribution is -2.22. The molecular weight excluding hydrogens is 236 g/mol. The first-order valence-electron chi connectivity index (χ1n) is 6.52. The summed E-state index contributed by atoms with van der Waals surface area (Å²) in [6.07, 6.45) is 5.26. The highest BCUT2D eigenvalue weighted by molar-refractivity contribution is 5.18. The Morgan fingerprint density at radius 3 is 2.72 bits per heavy atom. The van der Waals surface area contributed by atoms with Crippen molar-refractivity contribution in [3.8, 4) is 0 Å². The fourth-order valence-corrected chi connectivity index (χ4v) is 2.24. The number of benzene rings is 1. The van der Waals surface area contributed by atoms with Gasteiger partial charge in [-0.3, -0.25) is 0 Å². The lowest BCUT2D eigenvalue weighted by atomic mass is 10.2. The first-order chi connectivity index (χ1) is 8.75. The number of halogens is 2. The van der Waals surface area contributed by atoms with Gasteiger partial charge in [0.2, 0.25) is 0 Å². The van der Waals surface area contributed by atoms with E-state index < -0.39 is 11.6 Å². The minimum Gasteiger partial charge on any atom is -0.377 e. The predicted octanol–water partition coefficient (Wildman–Crippen LogP) is 3.01. The Kier molecular flexibility index (Phi) is 5.08. The van der Waals surface area contributed by atoms with Crippen LogP contribution in [-0.4, -0.2) is 19.3 Å². The third kappa shape index (κ3) is 4.03. The topological polar surface area (TPSA) is 21.3 Å². The Morgan fingerprint density at radius 2 is 2.00 bits per heavy atom. The second-order valence-corrected chi connectivity index (χ2v) is 4.69. The van der Waals surface area contributed by atoms with Crippen molar-refractivity contribution in [1.29, 1.82) is 0 Å². The molecule has 0 aromatic heterocycles. The Balaban J connectivity index is 1.62. The summed E-state index contributed by atoms with van der Waals surface area (Å²) in [5, 5.41) is 3.10. The zero-order chi connectivity index (χ0) is 12.8. The highest BCUT2D eigenvalue weighted by Crippen LogP contribution is 2.20. The molecule has 0 atom stereocenters. The van der Waals surface area contributed by atoms with Crippen LogP contribution in [0.15, 0.2) is 18.2 Å². The Morgan fingerprint density at radius 1 is 1.22 bits per heavy atom. The number of hydrogen-bond acceptors (Lipinski definition) is 2. The Hall–Kier alpha value is -1.00. The molecule has 1 aliphatic rings. The van der Waals surface area contributed by atoms with Gasteiger partial charge in [0.05, 0.1) is 12.7 Å². The molecule has 1 aromatic carbocycles. The SMILES string of the molecule is Fc1ccc(CNCCOC2CCCC2)c(F)c1. The minimum atomic E-state index is -0.541. The van der Waals surface area contributed by atoms with Gasteiger partial charge in [-0.1, -0.05) is 18.9 Å². The molecule has 18 heavy (non-hydrogen) atoms. The van der Waals surface area contributed by atoms with E-state index in [0.29, 0.717) is 31.4 Å². The van der Waals surface area contributed by atoms with E-state index in [1.165, 1.54) is 25.0 Å². The van der Waals surface area contributed by atoms with Crippen LogP contribution in [0.1, 0.15) is 31.2 Å². The molecule has 1 fully saturated rings. The van der Waals surface area contributed by atoms with Crippen LogP contribution >= 0.6 is 0 Å². The van der Waals surface area contributed by atoms with Gasteiger partial charge in [-0.05, 0) is 18.9 Å². The quantitative estimate of drug-likeness (QED) is 0.789. The van der Waals surface area contributed by atoms with E-state index in [2.05, 4.69) is 5.32 Å². The molecule has 0 unspecified atom stereocenters. The molecule has 0 saturated heterocycles. The average Bonchev–Trinajstić information content (AvgIpc) is 2.84. The molecule has 0 radical (unpaired) electrons. The average molecular weight is 255 g/mol. The monoisotopic (exact) mass is 255 g/mol.